The number of hydrogen-bond donors (Lipinski definition) is 1. The Morgan fingerprint density at radius 2 is 2.12 bits per heavy atom. The van der Waals surface area contributed by atoms with Crippen molar-refractivity contribution in [3.05, 3.63) is 35.9 Å². The van der Waals surface area contributed by atoms with Gasteiger partial charge in [0.25, 0.3) is 0 Å². The minimum atomic E-state index is -0.534. The van der Waals surface area contributed by atoms with Crippen LogP contribution in [0.25, 0.3) is 0 Å². The van der Waals surface area contributed by atoms with Crippen molar-refractivity contribution < 1.29 is 9.90 Å². The third-order valence-electron chi connectivity index (χ3n) is 3.14. The Morgan fingerprint density at radius 1 is 1.44 bits per heavy atom. The number of nitrogens with zero attached hydrogens (tertiary/aromatic N) is 1. The Kier molecular flexibility index (Phi) is 3.25. The van der Waals surface area contributed by atoms with Gasteiger partial charge in [-0.15, -0.1) is 0 Å². The number of carbonyl (C=O) groups is 1. The second kappa shape index (κ2) is 4.66. The third kappa shape index (κ3) is 2.25. The molecule has 1 fully saturated rings. The van der Waals surface area contributed by atoms with Crippen LogP contribution in [-0.2, 0) is 11.3 Å². The van der Waals surface area contributed by atoms with Crippen LogP contribution < -0.4 is 0 Å². The summed E-state index contributed by atoms with van der Waals surface area (Å²) < 4.78 is 0. The zero-order valence-electron chi connectivity index (χ0n) is 9.47. The number of rotatable bonds is 3. The fourth-order valence-corrected chi connectivity index (χ4v) is 2.17. The Hall–Kier alpha value is -1.35. The standard InChI is InChI=1S/C13H17NO2/c1-10(15)12-7-8-14(13(12)16)9-11-5-3-2-4-6-11/h2-6,10,12,15H,7-9H2,1H3/t10-,12+/m0/s1. The summed E-state index contributed by atoms with van der Waals surface area (Å²) in [5.74, 6) is -0.123. The average molecular weight is 219 g/mol. The summed E-state index contributed by atoms with van der Waals surface area (Å²) >= 11 is 0. The summed E-state index contributed by atoms with van der Waals surface area (Å²) in [5.41, 5.74) is 1.14. The van der Waals surface area contributed by atoms with E-state index < -0.39 is 6.10 Å². The predicted molar refractivity (Wildman–Crippen MR) is 61.6 cm³/mol. The van der Waals surface area contributed by atoms with E-state index in [0.717, 1.165) is 18.5 Å². The third-order valence-corrected chi connectivity index (χ3v) is 3.14. The van der Waals surface area contributed by atoms with Crippen LogP contribution in [0.5, 0.6) is 0 Å². The van der Waals surface area contributed by atoms with E-state index in [1.54, 1.807) is 6.92 Å². The van der Waals surface area contributed by atoms with Gasteiger partial charge in [0.2, 0.25) is 5.91 Å². The van der Waals surface area contributed by atoms with Gasteiger partial charge in [0.05, 0.1) is 12.0 Å². The molecule has 0 unspecified atom stereocenters. The number of aliphatic hydroxyl groups is 1. The van der Waals surface area contributed by atoms with Crippen molar-refractivity contribution in [2.24, 2.45) is 5.92 Å². The summed E-state index contributed by atoms with van der Waals surface area (Å²) in [6, 6.07) is 9.95. The van der Waals surface area contributed by atoms with Crippen molar-refractivity contribution in [2.75, 3.05) is 6.54 Å². The highest BCUT2D eigenvalue weighted by Gasteiger charge is 2.34. The van der Waals surface area contributed by atoms with Crippen molar-refractivity contribution in [1.82, 2.24) is 4.90 Å². The number of likely N-dealkylation sites (tertiary alicyclic amines) is 1. The number of carbonyl (C=O) groups excluding carboxylic acids is 1. The SMILES string of the molecule is C[C@H](O)[C@H]1CCN(Cc2ccccc2)C1=O. The molecule has 0 aliphatic carbocycles. The molecule has 1 N–H and O–H groups in total. The molecule has 3 heteroatoms. The lowest BCUT2D eigenvalue weighted by Crippen LogP contribution is -2.30. The lowest BCUT2D eigenvalue weighted by atomic mass is 10.0. The Morgan fingerprint density at radius 3 is 2.69 bits per heavy atom. The largest absolute Gasteiger partial charge is 0.393 e. The van der Waals surface area contributed by atoms with Gasteiger partial charge in [0.15, 0.2) is 0 Å². The van der Waals surface area contributed by atoms with E-state index in [-0.39, 0.29) is 11.8 Å². The van der Waals surface area contributed by atoms with Gasteiger partial charge in [-0.3, -0.25) is 4.79 Å². The minimum absolute atomic E-state index is 0.0823. The van der Waals surface area contributed by atoms with Gasteiger partial charge in [-0.2, -0.15) is 0 Å². The maximum absolute atomic E-state index is 11.9. The van der Waals surface area contributed by atoms with E-state index in [1.165, 1.54) is 0 Å². The molecule has 16 heavy (non-hydrogen) atoms. The van der Waals surface area contributed by atoms with Crippen LogP contribution in [0.1, 0.15) is 18.9 Å². The Labute approximate surface area is 95.7 Å². The highest BCUT2D eigenvalue weighted by atomic mass is 16.3. The normalized spacial score (nSPS) is 22.5. The lowest BCUT2D eigenvalue weighted by molar-refractivity contribution is -0.134. The molecule has 1 amide bonds. The highest BCUT2D eigenvalue weighted by Crippen LogP contribution is 2.22. The van der Waals surface area contributed by atoms with E-state index in [2.05, 4.69) is 0 Å². The van der Waals surface area contributed by atoms with Gasteiger partial charge in [-0.25, -0.2) is 0 Å². The summed E-state index contributed by atoms with van der Waals surface area (Å²) in [5, 5.41) is 9.46. The molecule has 2 atom stereocenters. The molecule has 0 radical (unpaired) electrons. The molecule has 0 bridgehead atoms. The first-order chi connectivity index (χ1) is 7.68. The number of benzene rings is 1. The summed E-state index contributed by atoms with van der Waals surface area (Å²) in [6.07, 6.45) is 0.233. The molecule has 0 spiro atoms. The van der Waals surface area contributed by atoms with Crippen LogP contribution >= 0.6 is 0 Å². The topological polar surface area (TPSA) is 40.5 Å². The molecule has 1 saturated heterocycles. The fraction of sp³-hybridized carbons (Fsp3) is 0.462. The molecule has 1 aliphatic rings. The predicted octanol–water partition coefficient (Wildman–Crippen LogP) is 1.42. The molecule has 0 aromatic heterocycles. The number of hydrogen-bond acceptors (Lipinski definition) is 2. The molecular weight excluding hydrogens is 202 g/mol. The zero-order chi connectivity index (χ0) is 11.5. The van der Waals surface area contributed by atoms with Crippen LogP contribution in [0.3, 0.4) is 0 Å². The van der Waals surface area contributed by atoms with Crippen LogP contribution in [0.2, 0.25) is 0 Å². The van der Waals surface area contributed by atoms with Crippen molar-refractivity contribution in [3.8, 4) is 0 Å². The first-order valence-corrected chi connectivity index (χ1v) is 5.69. The summed E-state index contributed by atoms with van der Waals surface area (Å²) in [4.78, 5) is 13.7. The molecule has 1 aromatic carbocycles. The minimum Gasteiger partial charge on any atom is -0.393 e. The average Bonchev–Trinajstić information content (AvgIpc) is 2.62. The number of amides is 1. The molecule has 3 nitrogen and oxygen atoms in total. The van der Waals surface area contributed by atoms with E-state index >= 15 is 0 Å². The van der Waals surface area contributed by atoms with Crippen molar-refractivity contribution in [3.63, 3.8) is 0 Å². The van der Waals surface area contributed by atoms with Crippen LogP contribution in [0.15, 0.2) is 30.3 Å². The van der Waals surface area contributed by atoms with E-state index in [9.17, 15) is 9.90 Å². The van der Waals surface area contributed by atoms with Crippen molar-refractivity contribution in [1.29, 1.82) is 0 Å². The van der Waals surface area contributed by atoms with Gasteiger partial charge >= 0.3 is 0 Å². The second-order valence-corrected chi connectivity index (χ2v) is 4.38. The van der Waals surface area contributed by atoms with E-state index in [1.807, 2.05) is 35.2 Å². The van der Waals surface area contributed by atoms with Gasteiger partial charge < -0.3 is 10.0 Å². The van der Waals surface area contributed by atoms with Crippen LogP contribution in [0.4, 0.5) is 0 Å². The smallest absolute Gasteiger partial charge is 0.228 e. The molecule has 1 heterocycles. The zero-order valence-corrected chi connectivity index (χ0v) is 9.47. The Balaban J connectivity index is 2.01. The molecule has 2 rings (SSSR count). The maximum Gasteiger partial charge on any atom is 0.228 e. The summed E-state index contributed by atoms with van der Waals surface area (Å²) in [7, 11) is 0. The van der Waals surface area contributed by atoms with Gasteiger partial charge in [0, 0.05) is 13.1 Å². The maximum atomic E-state index is 11.9. The second-order valence-electron chi connectivity index (χ2n) is 4.38. The highest BCUT2D eigenvalue weighted by molar-refractivity contribution is 5.81. The van der Waals surface area contributed by atoms with E-state index in [0.29, 0.717) is 6.54 Å². The molecule has 1 aliphatic heterocycles. The van der Waals surface area contributed by atoms with Crippen molar-refractivity contribution in [2.45, 2.75) is 26.0 Å². The summed E-state index contributed by atoms with van der Waals surface area (Å²) in [6.45, 7) is 3.10. The Bertz CT molecular complexity index is 361. The molecular formula is C13H17NO2. The fourth-order valence-electron chi connectivity index (χ4n) is 2.17. The lowest BCUT2D eigenvalue weighted by Gasteiger charge is -2.17. The number of aliphatic hydroxyl groups excluding tert-OH is 1. The monoisotopic (exact) mass is 219 g/mol. The molecule has 0 saturated carbocycles. The first kappa shape index (κ1) is 11.1. The quantitative estimate of drug-likeness (QED) is 0.835. The van der Waals surface area contributed by atoms with Gasteiger partial charge in [-0.1, -0.05) is 30.3 Å². The van der Waals surface area contributed by atoms with Crippen LogP contribution in [0, 0.1) is 5.92 Å². The van der Waals surface area contributed by atoms with Gasteiger partial charge in [-0.05, 0) is 18.9 Å². The molecule has 1 aromatic rings. The molecule has 86 valence electrons. The van der Waals surface area contributed by atoms with E-state index in [4.69, 9.17) is 0 Å². The van der Waals surface area contributed by atoms with Crippen LogP contribution in [-0.4, -0.2) is 28.6 Å². The van der Waals surface area contributed by atoms with Gasteiger partial charge in [0.1, 0.15) is 0 Å². The first-order valence-electron chi connectivity index (χ1n) is 5.69. The van der Waals surface area contributed by atoms with Crippen molar-refractivity contribution >= 4 is 5.91 Å².